The van der Waals surface area contributed by atoms with Crippen LogP contribution in [0.1, 0.15) is 50.0 Å². The number of halogens is 1. The van der Waals surface area contributed by atoms with E-state index in [1.807, 2.05) is 0 Å². The summed E-state index contributed by atoms with van der Waals surface area (Å²) in [6.45, 7) is 4.86. The number of carbonyl (C=O) groups is 1. The fourth-order valence-corrected chi connectivity index (χ4v) is 1.80. The molecule has 0 radical (unpaired) electrons. The van der Waals surface area contributed by atoms with E-state index in [-0.39, 0.29) is 5.69 Å². The van der Waals surface area contributed by atoms with Crippen LogP contribution in [0.15, 0.2) is 18.3 Å². The van der Waals surface area contributed by atoms with Crippen LogP contribution in [-0.4, -0.2) is 17.6 Å². The van der Waals surface area contributed by atoms with Crippen molar-refractivity contribution in [2.75, 3.05) is 6.61 Å². The first-order valence-electron chi connectivity index (χ1n) is 6.39. The van der Waals surface area contributed by atoms with Crippen LogP contribution >= 0.6 is 11.6 Å². The number of esters is 1. The van der Waals surface area contributed by atoms with E-state index in [0.717, 1.165) is 18.8 Å². The van der Waals surface area contributed by atoms with Gasteiger partial charge in [-0.05, 0) is 24.5 Å². The molecule has 18 heavy (non-hydrogen) atoms. The molecule has 100 valence electrons. The minimum atomic E-state index is -0.440. The second-order valence-electron chi connectivity index (χ2n) is 4.71. The van der Waals surface area contributed by atoms with Gasteiger partial charge in [-0.3, -0.25) is 0 Å². The van der Waals surface area contributed by atoms with E-state index in [4.69, 9.17) is 16.3 Å². The van der Waals surface area contributed by atoms with Crippen molar-refractivity contribution < 1.29 is 9.53 Å². The van der Waals surface area contributed by atoms with Gasteiger partial charge in [0.2, 0.25) is 0 Å². The normalized spacial score (nSPS) is 10.7. The highest BCUT2D eigenvalue weighted by Gasteiger charge is 2.12. The molecule has 1 aromatic rings. The van der Waals surface area contributed by atoms with Crippen molar-refractivity contribution in [2.24, 2.45) is 5.92 Å². The topological polar surface area (TPSA) is 39.2 Å². The third-order valence-corrected chi connectivity index (χ3v) is 2.92. The summed E-state index contributed by atoms with van der Waals surface area (Å²) in [7, 11) is 0. The number of rotatable bonds is 7. The lowest BCUT2D eigenvalue weighted by Gasteiger charge is -2.06. The van der Waals surface area contributed by atoms with Crippen molar-refractivity contribution in [3.8, 4) is 0 Å². The van der Waals surface area contributed by atoms with Crippen molar-refractivity contribution in [2.45, 2.75) is 39.5 Å². The Balaban J connectivity index is 2.20. The Morgan fingerprint density at radius 2 is 2.17 bits per heavy atom. The monoisotopic (exact) mass is 269 g/mol. The van der Waals surface area contributed by atoms with Crippen LogP contribution in [0.2, 0.25) is 5.02 Å². The number of nitrogens with zero attached hydrogens (tertiary/aromatic N) is 1. The molecule has 0 spiro atoms. The molecule has 0 aliphatic carbocycles. The first kappa shape index (κ1) is 15.0. The number of aromatic nitrogens is 1. The van der Waals surface area contributed by atoms with E-state index in [2.05, 4.69) is 18.8 Å². The number of hydrogen-bond acceptors (Lipinski definition) is 3. The predicted octanol–water partition coefficient (Wildman–Crippen LogP) is 4.11. The maximum Gasteiger partial charge on any atom is 0.358 e. The van der Waals surface area contributed by atoms with Crippen molar-refractivity contribution in [1.29, 1.82) is 0 Å². The van der Waals surface area contributed by atoms with Gasteiger partial charge in [0.05, 0.1) is 11.6 Å². The molecule has 0 N–H and O–H groups in total. The fraction of sp³-hybridized carbons (Fsp3) is 0.571. The molecule has 0 amide bonds. The zero-order valence-electron chi connectivity index (χ0n) is 11.0. The van der Waals surface area contributed by atoms with E-state index in [0.29, 0.717) is 11.6 Å². The quantitative estimate of drug-likeness (QED) is 0.552. The smallest absolute Gasteiger partial charge is 0.358 e. The number of carbonyl (C=O) groups excluding carboxylic acids is 1. The average Bonchev–Trinajstić information content (AvgIpc) is 2.33. The number of hydrogen-bond donors (Lipinski definition) is 0. The lowest BCUT2D eigenvalue weighted by Crippen LogP contribution is -2.09. The standard InChI is InChI=1S/C14H20ClNO2/c1-11(2)7-4-3-5-10-18-14(17)13-12(15)8-6-9-16-13/h6,8-9,11H,3-5,7,10H2,1-2H3. The molecule has 1 heterocycles. The van der Waals surface area contributed by atoms with Gasteiger partial charge in [0.15, 0.2) is 5.69 Å². The molecule has 0 aliphatic heterocycles. The third-order valence-electron chi connectivity index (χ3n) is 2.61. The number of ether oxygens (including phenoxy) is 1. The summed E-state index contributed by atoms with van der Waals surface area (Å²) in [4.78, 5) is 15.5. The third kappa shape index (κ3) is 5.50. The molecule has 0 bridgehead atoms. The van der Waals surface area contributed by atoms with Crippen LogP contribution in [0.3, 0.4) is 0 Å². The minimum Gasteiger partial charge on any atom is -0.461 e. The van der Waals surface area contributed by atoms with Crippen LogP contribution in [0, 0.1) is 5.92 Å². The maximum atomic E-state index is 11.6. The first-order valence-corrected chi connectivity index (χ1v) is 6.76. The van der Waals surface area contributed by atoms with Gasteiger partial charge in [-0.2, -0.15) is 0 Å². The van der Waals surface area contributed by atoms with Crippen LogP contribution in [0.25, 0.3) is 0 Å². The molecule has 0 atom stereocenters. The Kier molecular flexibility index (Phi) is 6.73. The lowest BCUT2D eigenvalue weighted by atomic mass is 10.1. The Hall–Kier alpha value is -1.09. The summed E-state index contributed by atoms with van der Waals surface area (Å²) >= 11 is 5.85. The van der Waals surface area contributed by atoms with Crippen molar-refractivity contribution in [3.05, 3.63) is 29.0 Å². The van der Waals surface area contributed by atoms with E-state index in [1.54, 1.807) is 12.1 Å². The van der Waals surface area contributed by atoms with Crippen LogP contribution < -0.4 is 0 Å². The molecule has 0 saturated heterocycles. The Morgan fingerprint density at radius 1 is 1.39 bits per heavy atom. The lowest BCUT2D eigenvalue weighted by molar-refractivity contribution is 0.0491. The summed E-state index contributed by atoms with van der Waals surface area (Å²) in [5.74, 6) is 0.296. The molecule has 0 saturated carbocycles. The Morgan fingerprint density at radius 3 is 2.83 bits per heavy atom. The second kappa shape index (κ2) is 8.09. The van der Waals surface area contributed by atoms with Crippen LogP contribution in [0.5, 0.6) is 0 Å². The number of unbranched alkanes of at least 4 members (excludes halogenated alkanes) is 2. The van der Waals surface area contributed by atoms with E-state index < -0.39 is 5.97 Å². The van der Waals surface area contributed by atoms with Gasteiger partial charge in [-0.15, -0.1) is 0 Å². The van der Waals surface area contributed by atoms with Gasteiger partial charge in [-0.1, -0.05) is 44.7 Å². The Bertz CT molecular complexity index is 380. The van der Waals surface area contributed by atoms with E-state index in [9.17, 15) is 4.79 Å². The molecule has 3 nitrogen and oxygen atoms in total. The van der Waals surface area contributed by atoms with Gasteiger partial charge in [0.1, 0.15) is 0 Å². The first-order chi connectivity index (χ1) is 8.61. The number of pyridine rings is 1. The molecule has 0 aromatic carbocycles. The minimum absolute atomic E-state index is 0.196. The SMILES string of the molecule is CC(C)CCCCCOC(=O)c1ncccc1Cl. The highest BCUT2D eigenvalue weighted by atomic mass is 35.5. The highest BCUT2D eigenvalue weighted by Crippen LogP contribution is 2.13. The fourth-order valence-electron chi connectivity index (χ4n) is 1.60. The summed E-state index contributed by atoms with van der Waals surface area (Å²) in [6, 6.07) is 3.32. The van der Waals surface area contributed by atoms with Crippen molar-refractivity contribution in [3.63, 3.8) is 0 Å². The zero-order valence-corrected chi connectivity index (χ0v) is 11.7. The van der Waals surface area contributed by atoms with Crippen LogP contribution in [0.4, 0.5) is 0 Å². The molecule has 0 fully saturated rings. The van der Waals surface area contributed by atoms with Crippen molar-refractivity contribution in [1.82, 2.24) is 4.98 Å². The largest absolute Gasteiger partial charge is 0.461 e. The zero-order chi connectivity index (χ0) is 13.4. The summed E-state index contributed by atoms with van der Waals surface area (Å²) in [5, 5.41) is 0.335. The predicted molar refractivity (Wildman–Crippen MR) is 72.8 cm³/mol. The van der Waals surface area contributed by atoms with Gasteiger partial charge < -0.3 is 4.74 Å². The van der Waals surface area contributed by atoms with Crippen molar-refractivity contribution >= 4 is 17.6 Å². The average molecular weight is 270 g/mol. The van der Waals surface area contributed by atoms with Crippen LogP contribution in [-0.2, 0) is 4.74 Å². The molecule has 4 heteroatoms. The highest BCUT2D eigenvalue weighted by molar-refractivity contribution is 6.33. The molecule has 1 aromatic heterocycles. The Labute approximate surface area is 114 Å². The summed E-state index contributed by atoms with van der Waals surface area (Å²) in [5.41, 5.74) is 0.196. The molecule has 0 aliphatic rings. The molecular formula is C14H20ClNO2. The molecular weight excluding hydrogens is 250 g/mol. The van der Waals surface area contributed by atoms with E-state index >= 15 is 0 Å². The second-order valence-corrected chi connectivity index (χ2v) is 5.12. The van der Waals surface area contributed by atoms with E-state index in [1.165, 1.54) is 19.0 Å². The summed E-state index contributed by atoms with van der Waals surface area (Å²) in [6.07, 6.45) is 5.91. The van der Waals surface area contributed by atoms with Gasteiger partial charge in [0, 0.05) is 6.20 Å². The molecule has 0 unspecified atom stereocenters. The molecule has 1 rings (SSSR count). The summed E-state index contributed by atoms with van der Waals surface area (Å²) < 4.78 is 5.13. The maximum absolute atomic E-state index is 11.6. The van der Waals surface area contributed by atoms with Gasteiger partial charge in [0.25, 0.3) is 0 Å². The van der Waals surface area contributed by atoms with Gasteiger partial charge in [-0.25, -0.2) is 9.78 Å². The van der Waals surface area contributed by atoms with Gasteiger partial charge >= 0.3 is 5.97 Å².